The molecule has 67 heavy (non-hydrogen) atoms. The summed E-state index contributed by atoms with van der Waals surface area (Å²) >= 11 is 0. The van der Waals surface area contributed by atoms with E-state index in [0.717, 1.165) is 70.6 Å². The Kier molecular flexibility index (Phi) is 53.8. The Hall–Kier alpha value is -2.63. The molecule has 0 N–H and O–H groups in total. The van der Waals surface area contributed by atoms with E-state index in [1.54, 1.807) is 0 Å². The van der Waals surface area contributed by atoms with E-state index in [1.165, 1.54) is 186 Å². The molecule has 6 heteroatoms. The van der Waals surface area contributed by atoms with Crippen molar-refractivity contribution in [2.24, 2.45) is 0 Å². The minimum absolute atomic E-state index is 0.0889. The molecule has 0 heterocycles. The van der Waals surface area contributed by atoms with Gasteiger partial charge in [-0.3, -0.25) is 14.4 Å². The summed E-state index contributed by atoms with van der Waals surface area (Å²) in [7, 11) is 0. The molecule has 390 valence electrons. The van der Waals surface area contributed by atoms with E-state index in [1.807, 2.05) is 0 Å². The van der Waals surface area contributed by atoms with Gasteiger partial charge in [0.05, 0.1) is 0 Å². The smallest absolute Gasteiger partial charge is 0.306 e. The van der Waals surface area contributed by atoms with Gasteiger partial charge in [-0.2, -0.15) is 0 Å². The summed E-state index contributed by atoms with van der Waals surface area (Å²) in [6.07, 6.45) is 68.2. The minimum atomic E-state index is -0.795. The molecule has 0 saturated heterocycles. The van der Waals surface area contributed by atoms with E-state index in [9.17, 15) is 14.4 Å². The molecule has 0 spiro atoms. The molecule has 1 unspecified atom stereocenters. The molecule has 0 rings (SSSR count). The number of rotatable bonds is 53. The standard InChI is InChI=1S/C61H110O6/c1-4-7-10-13-16-19-22-25-28-31-34-36-39-42-45-48-51-54-60(63)66-57-58(67-61(64)55-52-49-46-43-40-37-33-30-27-24-21-18-15-12-9-6-3)56-65-59(62)53-50-47-44-41-38-35-32-29-26-23-20-17-14-11-8-5-2/h25,28,30,33-34,36,42,45,58H,4-24,26-27,29,31-32,35,37-41,43-44,46-57H2,1-3H3/b28-25-,33-30-,36-34-,45-42-. The first-order valence-corrected chi connectivity index (χ1v) is 29.1. The molecule has 0 aliphatic rings. The zero-order valence-electron chi connectivity index (χ0n) is 44.7. The highest BCUT2D eigenvalue weighted by molar-refractivity contribution is 5.71. The summed E-state index contributed by atoms with van der Waals surface area (Å²) in [4.78, 5) is 38.1. The third-order valence-electron chi connectivity index (χ3n) is 12.8. The van der Waals surface area contributed by atoms with E-state index < -0.39 is 6.10 Å². The molecule has 0 aromatic carbocycles. The maximum Gasteiger partial charge on any atom is 0.306 e. The van der Waals surface area contributed by atoms with Crippen molar-refractivity contribution in [1.29, 1.82) is 0 Å². The molecule has 0 fully saturated rings. The van der Waals surface area contributed by atoms with E-state index >= 15 is 0 Å². The Bertz CT molecular complexity index is 1170. The van der Waals surface area contributed by atoms with Gasteiger partial charge in [0.25, 0.3) is 0 Å². The fraction of sp³-hybridized carbons (Fsp3) is 0.820. The largest absolute Gasteiger partial charge is 0.462 e. The lowest BCUT2D eigenvalue weighted by Crippen LogP contribution is -2.30. The van der Waals surface area contributed by atoms with Gasteiger partial charge < -0.3 is 14.2 Å². The number of esters is 3. The van der Waals surface area contributed by atoms with Crippen molar-refractivity contribution in [3.63, 3.8) is 0 Å². The Morgan fingerprint density at radius 1 is 0.299 bits per heavy atom. The van der Waals surface area contributed by atoms with E-state index in [-0.39, 0.29) is 37.5 Å². The van der Waals surface area contributed by atoms with Gasteiger partial charge in [-0.15, -0.1) is 0 Å². The number of hydrogen-bond acceptors (Lipinski definition) is 6. The topological polar surface area (TPSA) is 78.9 Å². The molecular formula is C61H110O6. The quantitative estimate of drug-likeness (QED) is 0.0262. The molecule has 6 nitrogen and oxygen atoms in total. The van der Waals surface area contributed by atoms with Crippen LogP contribution in [0.5, 0.6) is 0 Å². The zero-order chi connectivity index (χ0) is 48.6. The van der Waals surface area contributed by atoms with Crippen molar-refractivity contribution in [3.8, 4) is 0 Å². The minimum Gasteiger partial charge on any atom is -0.462 e. The molecule has 0 aromatic heterocycles. The molecule has 0 bridgehead atoms. The van der Waals surface area contributed by atoms with Crippen LogP contribution in [-0.4, -0.2) is 37.2 Å². The molecule has 0 amide bonds. The maximum absolute atomic E-state index is 12.8. The predicted molar refractivity (Wildman–Crippen MR) is 289 cm³/mol. The van der Waals surface area contributed by atoms with Crippen molar-refractivity contribution >= 4 is 17.9 Å². The molecule has 0 aliphatic carbocycles. The van der Waals surface area contributed by atoms with Crippen LogP contribution in [0.25, 0.3) is 0 Å². The first-order valence-electron chi connectivity index (χ1n) is 29.1. The average molecular weight is 940 g/mol. The van der Waals surface area contributed by atoms with Crippen LogP contribution in [0.2, 0.25) is 0 Å². The Labute approximate surface area is 416 Å². The second-order valence-corrected chi connectivity index (χ2v) is 19.6. The highest BCUT2D eigenvalue weighted by Gasteiger charge is 2.19. The van der Waals surface area contributed by atoms with Crippen LogP contribution >= 0.6 is 0 Å². The first-order chi connectivity index (χ1) is 33.0. The SMILES string of the molecule is CCCCCCCC/C=C\C/C=C\C/C=C\CCCC(=O)OCC(COC(=O)CCCCCCCCCCCCCCCCCC)OC(=O)CCCCCCC/C=C\CCCCCCCCC. The fourth-order valence-electron chi connectivity index (χ4n) is 8.40. The molecule has 0 aromatic rings. The van der Waals surface area contributed by atoms with Crippen LogP contribution < -0.4 is 0 Å². The van der Waals surface area contributed by atoms with Gasteiger partial charge in [-0.25, -0.2) is 0 Å². The number of allylic oxidation sites excluding steroid dienone is 8. The van der Waals surface area contributed by atoms with Crippen molar-refractivity contribution in [3.05, 3.63) is 48.6 Å². The molecule has 0 aliphatic heterocycles. The van der Waals surface area contributed by atoms with Gasteiger partial charge in [-0.1, -0.05) is 256 Å². The second kappa shape index (κ2) is 56.0. The number of carbonyl (C=O) groups excluding carboxylic acids is 3. The highest BCUT2D eigenvalue weighted by atomic mass is 16.6. The zero-order valence-corrected chi connectivity index (χ0v) is 44.7. The third-order valence-corrected chi connectivity index (χ3v) is 12.8. The lowest BCUT2D eigenvalue weighted by atomic mass is 10.0. The van der Waals surface area contributed by atoms with Gasteiger partial charge in [0.15, 0.2) is 6.10 Å². The number of carbonyl (C=O) groups is 3. The maximum atomic E-state index is 12.8. The molecular weight excluding hydrogens is 829 g/mol. The van der Waals surface area contributed by atoms with Crippen LogP contribution in [0, 0.1) is 0 Å². The van der Waals surface area contributed by atoms with Crippen LogP contribution in [0.4, 0.5) is 0 Å². The van der Waals surface area contributed by atoms with Crippen LogP contribution in [0.15, 0.2) is 48.6 Å². The van der Waals surface area contributed by atoms with Crippen molar-refractivity contribution in [2.75, 3.05) is 13.2 Å². The normalized spacial score (nSPS) is 12.3. The lowest BCUT2D eigenvalue weighted by Gasteiger charge is -2.18. The lowest BCUT2D eigenvalue weighted by molar-refractivity contribution is -0.167. The van der Waals surface area contributed by atoms with Crippen molar-refractivity contribution in [1.82, 2.24) is 0 Å². The Morgan fingerprint density at radius 2 is 0.552 bits per heavy atom. The second-order valence-electron chi connectivity index (χ2n) is 19.6. The monoisotopic (exact) mass is 939 g/mol. The summed E-state index contributed by atoms with van der Waals surface area (Å²) in [6, 6.07) is 0. The van der Waals surface area contributed by atoms with E-state index in [0.29, 0.717) is 19.3 Å². The van der Waals surface area contributed by atoms with Gasteiger partial charge in [0.1, 0.15) is 13.2 Å². The number of unbranched alkanes of at least 4 members (excludes halogenated alkanes) is 34. The fourth-order valence-corrected chi connectivity index (χ4v) is 8.40. The summed E-state index contributed by atoms with van der Waals surface area (Å²) in [5.41, 5.74) is 0. The predicted octanol–water partition coefficient (Wildman–Crippen LogP) is 19.4. The average Bonchev–Trinajstić information content (AvgIpc) is 3.33. The number of ether oxygens (including phenoxy) is 3. The van der Waals surface area contributed by atoms with Crippen LogP contribution in [-0.2, 0) is 28.6 Å². The van der Waals surface area contributed by atoms with Gasteiger partial charge in [0.2, 0.25) is 0 Å². The Morgan fingerprint density at radius 3 is 0.910 bits per heavy atom. The summed E-state index contributed by atoms with van der Waals surface area (Å²) in [5.74, 6) is -0.937. The summed E-state index contributed by atoms with van der Waals surface area (Å²) in [5, 5.41) is 0. The highest BCUT2D eigenvalue weighted by Crippen LogP contribution is 2.16. The number of hydrogen-bond donors (Lipinski definition) is 0. The molecule has 0 saturated carbocycles. The van der Waals surface area contributed by atoms with Gasteiger partial charge in [0, 0.05) is 19.3 Å². The van der Waals surface area contributed by atoms with Crippen LogP contribution in [0.1, 0.15) is 303 Å². The van der Waals surface area contributed by atoms with E-state index in [4.69, 9.17) is 14.2 Å². The third kappa shape index (κ3) is 54.2. The summed E-state index contributed by atoms with van der Waals surface area (Å²) < 4.78 is 16.8. The summed E-state index contributed by atoms with van der Waals surface area (Å²) in [6.45, 7) is 6.62. The molecule has 0 radical (unpaired) electrons. The van der Waals surface area contributed by atoms with Gasteiger partial charge >= 0.3 is 17.9 Å². The van der Waals surface area contributed by atoms with Crippen LogP contribution in [0.3, 0.4) is 0 Å². The van der Waals surface area contributed by atoms with Crippen molar-refractivity contribution < 1.29 is 28.6 Å². The Balaban J connectivity index is 4.43. The van der Waals surface area contributed by atoms with E-state index in [2.05, 4.69) is 69.4 Å². The molecule has 1 atom stereocenters. The first kappa shape index (κ1) is 64.4. The van der Waals surface area contributed by atoms with Crippen molar-refractivity contribution in [2.45, 2.75) is 309 Å². The van der Waals surface area contributed by atoms with Gasteiger partial charge in [-0.05, 0) is 77.0 Å².